The number of phosphoric acid groups is 2. The topological polar surface area (TPSA) is 237 Å². The molecule has 564 valence electrons. The van der Waals surface area contributed by atoms with Gasteiger partial charge in [0.1, 0.15) is 19.3 Å². The first kappa shape index (κ1) is 93.1. The van der Waals surface area contributed by atoms with Gasteiger partial charge in [-0.1, -0.05) is 343 Å². The molecule has 17 nitrogen and oxygen atoms in total. The Balaban J connectivity index is 5.26. The Morgan fingerprint density at radius 1 is 0.284 bits per heavy atom. The molecule has 19 heteroatoms. The predicted molar refractivity (Wildman–Crippen MR) is 386 cm³/mol. The molecule has 0 saturated heterocycles. The summed E-state index contributed by atoms with van der Waals surface area (Å²) in [7, 11) is -9.91. The van der Waals surface area contributed by atoms with Crippen molar-refractivity contribution in [3.05, 3.63) is 0 Å². The highest BCUT2D eigenvalue weighted by molar-refractivity contribution is 7.47. The second-order valence-corrected chi connectivity index (χ2v) is 31.3. The third-order valence-corrected chi connectivity index (χ3v) is 19.6. The maximum absolute atomic E-state index is 13.1. The molecular formula is C76H148O17P2. The summed E-state index contributed by atoms with van der Waals surface area (Å²) < 4.78 is 68.6. The molecule has 3 N–H and O–H groups in total. The molecule has 0 aromatic carbocycles. The van der Waals surface area contributed by atoms with Gasteiger partial charge in [-0.3, -0.25) is 37.3 Å². The van der Waals surface area contributed by atoms with Crippen LogP contribution in [0.25, 0.3) is 0 Å². The molecular weight excluding hydrogens is 1250 g/mol. The Bertz CT molecular complexity index is 1840. The smallest absolute Gasteiger partial charge is 0.462 e. The van der Waals surface area contributed by atoms with Gasteiger partial charge < -0.3 is 33.8 Å². The van der Waals surface area contributed by atoms with E-state index in [2.05, 4.69) is 41.5 Å². The summed E-state index contributed by atoms with van der Waals surface area (Å²) in [5, 5.41) is 10.6. The van der Waals surface area contributed by atoms with Gasteiger partial charge in [0.15, 0.2) is 12.2 Å². The maximum Gasteiger partial charge on any atom is 0.472 e. The third kappa shape index (κ3) is 70.3. The van der Waals surface area contributed by atoms with Crippen molar-refractivity contribution in [2.45, 2.75) is 413 Å². The molecule has 0 amide bonds. The van der Waals surface area contributed by atoms with E-state index in [4.69, 9.17) is 37.0 Å². The maximum atomic E-state index is 13.1. The lowest BCUT2D eigenvalue weighted by Crippen LogP contribution is -2.30. The first-order valence-corrected chi connectivity index (χ1v) is 42.5. The van der Waals surface area contributed by atoms with Crippen LogP contribution in [0.5, 0.6) is 0 Å². The third-order valence-electron chi connectivity index (χ3n) is 17.7. The molecule has 0 heterocycles. The first-order valence-electron chi connectivity index (χ1n) is 39.5. The van der Waals surface area contributed by atoms with Crippen LogP contribution in [0.4, 0.5) is 0 Å². The normalized spacial score (nSPS) is 14.0. The van der Waals surface area contributed by atoms with Crippen LogP contribution in [-0.2, 0) is 65.4 Å². The minimum Gasteiger partial charge on any atom is -0.462 e. The van der Waals surface area contributed by atoms with E-state index in [0.29, 0.717) is 25.7 Å². The van der Waals surface area contributed by atoms with Crippen molar-refractivity contribution in [1.82, 2.24) is 0 Å². The highest BCUT2D eigenvalue weighted by Gasteiger charge is 2.30. The fourth-order valence-corrected chi connectivity index (χ4v) is 13.2. The second kappa shape index (κ2) is 67.9. The number of esters is 4. The zero-order valence-electron chi connectivity index (χ0n) is 62.0. The number of ether oxygens (including phenoxy) is 4. The fourth-order valence-electron chi connectivity index (χ4n) is 11.7. The lowest BCUT2D eigenvalue weighted by atomic mass is 10.0. The standard InChI is InChI=1S/C76H148O17P2/c1-7-9-11-13-15-17-19-21-23-25-29-33-40-46-52-58-73(78)86-64-71(92-75(80)60-54-48-42-34-30-26-24-22-20-18-16-14-12-10-8-2)66-90-94(82,83)88-62-70(77)63-89-95(84,85)91-67-72(65-87-74(79)59-53-47-41-37-36-39-45-51-57-69(5)6)93-76(81)61-55-49-43-35-31-27-28-32-38-44-50-56-68(3)4/h68-72,77H,7-67H2,1-6H3,(H,82,83)(H,84,85)/t70-,71-,72-/m1/s1. The van der Waals surface area contributed by atoms with Crippen LogP contribution in [0, 0.1) is 11.8 Å². The predicted octanol–water partition coefficient (Wildman–Crippen LogP) is 22.3. The highest BCUT2D eigenvalue weighted by Crippen LogP contribution is 2.45. The lowest BCUT2D eigenvalue weighted by Gasteiger charge is -2.21. The van der Waals surface area contributed by atoms with E-state index in [-0.39, 0.29) is 25.7 Å². The minimum absolute atomic E-state index is 0.106. The van der Waals surface area contributed by atoms with Gasteiger partial charge in [-0.15, -0.1) is 0 Å². The average molecular weight is 1400 g/mol. The Labute approximate surface area is 581 Å². The number of aliphatic hydroxyl groups excluding tert-OH is 1. The van der Waals surface area contributed by atoms with Gasteiger partial charge in [0.2, 0.25) is 0 Å². The van der Waals surface area contributed by atoms with Crippen molar-refractivity contribution in [3.63, 3.8) is 0 Å². The number of carbonyl (C=O) groups is 4. The van der Waals surface area contributed by atoms with Crippen LogP contribution in [0.2, 0.25) is 0 Å². The summed E-state index contributed by atoms with van der Waals surface area (Å²) in [4.78, 5) is 72.8. The molecule has 0 aliphatic heterocycles. The second-order valence-electron chi connectivity index (χ2n) is 28.3. The van der Waals surface area contributed by atoms with E-state index < -0.39 is 97.5 Å². The summed E-state index contributed by atoms with van der Waals surface area (Å²) in [5.41, 5.74) is 0. The van der Waals surface area contributed by atoms with Crippen molar-refractivity contribution < 1.29 is 80.2 Å². The molecule has 0 fully saturated rings. The molecule has 2 unspecified atom stereocenters. The van der Waals surface area contributed by atoms with Crippen molar-refractivity contribution in [1.29, 1.82) is 0 Å². The quantitative estimate of drug-likeness (QED) is 0.0222. The number of unbranched alkanes of at least 4 members (excludes halogenated alkanes) is 45. The number of phosphoric ester groups is 2. The first-order chi connectivity index (χ1) is 45.9. The number of aliphatic hydroxyl groups is 1. The lowest BCUT2D eigenvalue weighted by molar-refractivity contribution is -0.161. The van der Waals surface area contributed by atoms with Crippen molar-refractivity contribution in [2.75, 3.05) is 39.6 Å². The zero-order valence-corrected chi connectivity index (χ0v) is 63.8. The van der Waals surface area contributed by atoms with E-state index in [1.165, 1.54) is 212 Å². The fraction of sp³-hybridized carbons (Fsp3) is 0.947. The molecule has 0 spiro atoms. The molecule has 0 rings (SSSR count). The molecule has 0 aliphatic rings. The van der Waals surface area contributed by atoms with Crippen LogP contribution < -0.4 is 0 Å². The number of hydrogen-bond donors (Lipinski definition) is 3. The summed E-state index contributed by atoms with van der Waals surface area (Å²) in [6.45, 7) is 9.57. The van der Waals surface area contributed by atoms with Crippen molar-refractivity contribution in [2.24, 2.45) is 11.8 Å². The van der Waals surface area contributed by atoms with Crippen molar-refractivity contribution >= 4 is 39.5 Å². The summed E-state index contributed by atoms with van der Waals surface area (Å²) >= 11 is 0. The van der Waals surface area contributed by atoms with Gasteiger partial charge in [0, 0.05) is 25.7 Å². The zero-order chi connectivity index (χ0) is 70.0. The molecule has 95 heavy (non-hydrogen) atoms. The molecule has 0 bridgehead atoms. The van der Waals surface area contributed by atoms with E-state index >= 15 is 0 Å². The van der Waals surface area contributed by atoms with E-state index in [9.17, 15) is 43.2 Å². The van der Waals surface area contributed by atoms with Gasteiger partial charge >= 0.3 is 39.5 Å². The van der Waals surface area contributed by atoms with Crippen LogP contribution >= 0.6 is 15.6 Å². The summed E-state index contributed by atoms with van der Waals surface area (Å²) in [6.07, 6.45) is 55.4. The van der Waals surface area contributed by atoms with Gasteiger partial charge in [0.25, 0.3) is 0 Å². The molecule has 0 saturated carbocycles. The number of rotatable bonds is 75. The molecule has 5 atom stereocenters. The van der Waals surface area contributed by atoms with Gasteiger partial charge in [-0.2, -0.15) is 0 Å². The monoisotopic (exact) mass is 1400 g/mol. The molecule has 0 radical (unpaired) electrons. The number of hydrogen-bond acceptors (Lipinski definition) is 15. The Kier molecular flexibility index (Phi) is 66.5. The SMILES string of the molecule is CCCCCCCCCCCCCCCCCC(=O)OC[C@H](COP(=O)(O)OC[C@@H](O)COP(=O)(O)OC[C@@H](COC(=O)CCCCCCCCCCC(C)C)OC(=O)CCCCCCCCCCCCCC(C)C)OC(=O)CCCCCCCCCCCCCCCCC. The summed E-state index contributed by atoms with van der Waals surface area (Å²) in [6, 6.07) is 0. The van der Waals surface area contributed by atoms with Crippen molar-refractivity contribution in [3.8, 4) is 0 Å². The van der Waals surface area contributed by atoms with E-state index in [1.54, 1.807) is 0 Å². The van der Waals surface area contributed by atoms with Gasteiger partial charge in [0.05, 0.1) is 26.4 Å². The number of carbonyl (C=O) groups excluding carboxylic acids is 4. The molecule has 0 aliphatic carbocycles. The van der Waals surface area contributed by atoms with Crippen LogP contribution in [-0.4, -0.2) is 96.7 Å². The Morgan fingerprint density at radius 2 is 0.484 bits per heavy atom. The summed E-state index contributed by atoms with van der Waals surface area (Å²) in [5.74, 6) is -0.622. The van der Waals surface area contributed by atoms with E-state index in [1.807, 2.05) is 0 Å². The molecule has 0 aromatic rings. The average Bonchev–Trinajstić information content (AvgIpc) is 1.76. The minimum atomic E-state index is -4.96. The van der Waals surface area contributed by atoms with Gasteiger partial charge in [-0.25, -0.2) is 9.13 Å². The highest BCUT2D eigenvalue weighted by atomic mass is 31.2. The van der Waals surface area contributed by atoms with Crippen LogP contribution in [0.1, 0.15) is 395 Å². The molecule has 0 aromatic heterocycles. The Hall–Kier alpha value is -1.94. The van der Waals surface area contributed by atoms with Crippen LogP contribution in [0.15, 0.2) is 0 Å². The van der Waals surface area contributed by atoms with Gasteiger partial charge in [-0.05, 0) is 37.5 Å². The van der Waals surface area contributed by atoms with E-state index in [0.717, 1.165) is 102 Å². The Morgan fingerprint density at radius 3 is 0.716 bits per heavy atom. The largest absolute Gasteiger partial charge is 0.472 e. The van der Waals surface area contributed by atoms with Crippen LogP contribution in [0.3, 0.4) is 0 Å².